The number of carboxylic acids is 1. The molecule has 1 aliphatic rings. The van der Waals surface area contributed by atoms with Crippen LogP contribution in [0.5, 0.6) is 0 Å². The number of aliphatic carboxylic acids is 1. The zero-order chi connectivity index (χ0) is 14.9. The van der Waals surface area contributed by atoms with Crippen molar-refractivity contribution in [1.82, 2.24) is 4.90 Å². The van der Waals surface area contributed by atoms with Crippen LogP contribution in [-0.4, -0.2) is 28.4 Å². The van der Waals surface area contributed by atoms with Crippen molar-refractivity contribution in [2.75, 3.05) is 6.54 Å². The van der Waals surface area contributed by atoms with Crippen molar-refractivity contribution < 1.29 is 14.7 Å². The van der Waals surface area contributed by atoms with E-state index < -0.39 is 11.9 Å². The Bertz CT molecular complexity index is 490. The number of carbonyl (C=O) groups is 2. The Balaban J connectivity index is 2.37. The first-order valence-electron chi connectivity index (χ1n) is 6.85. The van der Waals surface area contributed by atoms with Gasteiger partial charge in [-0.1, -0.05) is 26.8 Å². The lowest BCUT2D eigenvalue weighted by Crippen LogP contribution is -2.48. The summed E-state index contributed by atoms with van der Waals surface area (Å²) < 4.78 is 0. The minimum absolute atomic E-state index is 0.0500. The summed E-state index contributed by atoms with van der Waals surface area (Å²) in [5, 5.41) is 11.4. The zero-order valence-corrected chi connectivity index (χ0v) is 12.9. The van der Waals surface area contributed by atoms with Gasteiger partial charge in [0, 0.05) is 17.8 Å². The molecule has 1 aliphatic heterocycles. The Morgan fingerprint density at radius 1 is 1.50 bits per heavy atom. The second-order valence-corrected chi connectivity index (χ2v) is 7.51. The third kappa shape index (κ3) is 3.20. The van der Waals surface area contributed by atoms with Gasteiger partial charge in [0.2, 0.25) is 5.91 Å². The first-order valence-corrected chi connectivity index (χ1v) is 7.73. The molecule has 1 fully saturated rings. The summed E-state index contributed by atoms with van der Waals surface area (Å²) in [6.45, 7) is 6.78. The standard InChI is InChI=1S/C15H21NO3S/c1-15(2,3)9-16-12(17)7-6-10(14(18)19)13(16)11-5-4-8-20-11/h4-5,8,10,13H,6-7,9H2,1-3H3,(H,18,19). The van der Waals surface area contributed by atoms with Gasteiger partial charge in [-0.3, -0.25) is 9.59 Å². The normalized spacial score (nSPS) is 23.9. The molecule has 20 heavy (non-hydrogen) atoms. The number of piperidine rings is 1. The predicted octanol–water partition coefficient (Wildman–Crippen LogP) is 3.16. The van der Waals surface area contributed by atoms with Crippen molar-refractivity contribution in [3.8, 4) is 0 Å². The fraction of sp³-hybridized carbons (Fsp3) is 0.600. The maximum absolute atomic E-state index is 12.3. The number of hydrogen-bond acceptors (Lipinski definition) is 3. The number of likely N-dealkylation sites (tertiary alicyclic amines) is 1. The average Bonchev–Trinajstić information content (AvgIpc) is 2.82. The number of carbonyl (C=O) groups excluding carboxylic acids is 1. The van der Waals surface area contributed by atoms with E-state index in [1.165, 1.54) is 11.3 Å². The van der Waals surface area contributed by atoms with Crippen molar-refractivity contribution in [1.29, 1.82) is 0 Å². The quantitative estimate of drug-likeness (QED) is 0.932. The van der Waals surface area contributed by atoms with Gasteiger partial charge < -0.3 is 10.0 Å². The highest BCUT2D eigenvalue weighted by Crippen LogP contribution is 2.40. The SMILES string of the molecule is CC(C)(C)CN1C(=O)CCC(C(=O)O)C1c1cccs1. The van der Waals surface area contributed by atoms with Crippen molar-refractivity contribution in [3.63, 3.8) is 0 Å². The molecule has 1 saturated heterocycles. The van der Waals surface area contributed by atoms with Crippen LogP contribution in [0.4, 0.5) is 0 Å². The van der Waals surface area contributed by atoms with E-state index in [0.29, 0.717) is 19.4 Å². The molecule has 0 aromatic carbocycles. The van der Waals surface area contributed by atoms with Gasteiger partial charge in [-0.2, -0.15) is 0 Å². The number of rotatable bonds is 3. The Morgan fingerprint density at radius 3 is 2.70 bits per heavy atom. The maximum atomic E-state index is 12.3. The molecule has 0 spiro atoms. The van der Waals surface area contributed by atoms with E-state index in [-0.39, 0.29) is 17.4 Å². The summed E-state index contributed by atoms with van der Waals surface area (Å²) in [7, 11) is 0. The first-order chi connectivity index (χ1) is 9.29. The van der Waals surface area contributed by atoms with Crippen molar-refractivity contribution in [2.45, 2.75) is 39.7 Å². The van der Waals surface area contributed by atoms with Crippen molar-refractivity contribution >= 4 is 23.2 Å². The summed E-state index contributed by atoms with van der Waals surface area (Å²) in [6, 6.07) is 3.51. The molecule has 0 saturated carbocycles. The van der Waals surface area contributed by atoms with Crippen LogP contribution in [0.3, 0.4) is 0 Å². The molecule has 0 radical (unpaired) electrons. The Morgan fingerprint density at radius 2 is 2.20 bits per heavy atom. The molecule has 110 valence electrons. The second-order valence-electron chi connectivity index (χ2n) is 6.53. The van der Waals surface area contributed by atoms with E-state index >= 15 is 0 Å². The van der Waals surface area contributed by atoms with E-state index in [4.69, 9.17) is 0 Å². The lowest BCUT2D eigenvalue weighted by atomic mass is 9.85. The van der Waals surface area contributed by atoms with Gasteiger partial charge in [-0.25, -0.2) is 0 Å². The molecule has 1 amide bonds. The van der Waals surface area contributed by atoms with Crippen LogP contribution in [0.25, 0.3) is 0 Å². The van der Waals surface area contributed by atoms with Gasteiger partial charge in [0.25, 0.3) is 0 Å². The number of hydrogen-bond donors (Lipinski definition) is 1. The molecule has 4 nitrogen and oxygen atoms in total. The molecule has 0 bridgehead atoms. The van der Waals surface area contributed by atoms with Crippen LogP contribution >= 0.6 is 11.3 Å². The van der Waals surface area contributed by atoms with Crippen LogP contribution in [0, 0.1) is 11.3 Å². The summed E-state index contributed by atoms with van der Waals surface area (Å²) in [6.07, 6.45) is 0.756. The third-order valence-electron chi connectivity index (χ3n) is 3.50. The van der Waals surface area contributed by atoms with E-state index in [0.717, 1.165) is 4.88 Å². The average molecular weight is 295 g/mol. The van der Waals surface area contributed by atoms with E-state index in [1.54, 1.807) is 4.90 Å². The van der Waals surface area contributed by atoms with Gasteiger partial charge in [0.05, 0.1) is 12.0 Å². The monoisotopic (exact) mass is 295 g/mol. The molecule has 2 atom stereocenters. The summed E-state index contributed by atoms with van der Waals surface area (Å²) in [5.74, 6) is -1.25. The largest absolute Gasteiger partial charge is 0.481 e. The van der Waals surface area contributed by atoms with Crippen LogP contribution in [0.1, 0.15) is 44.5 Å². The minimum atomic E-state index is -0.810. The van der Waals surface area contributed by atoms with Crippen LogP contribution in [-0.2, 0) is 9.59 Å². The molecule has 5 heteroatoms. The van der Waals surface area contributed by atoms with Gasteiger partial charge >= 0.3 is 5.97 Å². The summed E-state index contributed by atoms with van der Waals surface area (Å²) >= 11 is 1.53. The van der Waals surface area contributed by atoms with Crippen molar-refractivity contribution in [3.05, 3.63) is 22.4 Å². The van der Waals surface area contributed by atoms with Gasteiger partial charge in [0.1, 0.15) is 0 Å². The van der Waals surface area contributed by atoms with Crippen LogP contribution < -0.4 is 0 Å². The number of nitrogens with zero attached hydrogens (tertiary/aromatic N) is 1. The van der Waals surface area contributed by atoms with Crippen LogP contribution in [0.2, 0.25) is 0 Å². The molecule has 1 aromatic rings. The highest BCUT2D eigenvalue weighted by Gasteiger charge is 2.42. The number of carboxylic acid groups (broad SMARTS) is 1. The van der Waals surface area contributed by atoms with Crippen LogP contribution in [0.15, 0.2) is 17.5 Å². The third-order valence-corrected chi connectivity index (χ3v) is 4.45. The van der Waals surface area contributed by atoms with E-state index in [1.807, 2.05) is 17.5 Å². The number of thiophene rings is 1. The molecule has 1 N–H and O–H groups in total. The Hall–Kier alpha value is -1.36. The topological polar surface area (TPSA) is 57.6 Å². The second kappa shape index (κ2) is 5.56. The summed E-state index contributed by atoms with van der Waals surface area (Å²) in [5.41, 5.74) is -0.0500. The Labute approximate surface area is 123 Å². The number of amides is 1. The maximum Gasteiger partial charge on any atom is 0.308 e. The fourth-order valence-corrected chi connectivity index (χ4v) is 3.62. The lowest BCUT2D eigenvalue weighted by Gasteiger charge is -2.42. The van der Waals surface area contributed by atoms with Gasteiger partial charge in [0.15, 0.2) is 0 Å². The molecule has 2 unspecified atom stereocenters. The Kier molecular flexibility index (Phi) is 4.18. The van der Waals surface area contributed by atoms with E-state index in [9.17, 15) is 14.7 Å². The highest BCUT2D eigenvalue weighted by molar-refractivity contribution is 7.10. The van der Waals surface area contributed by atoms with Crippen molar-refractivity contribution in [2.24, 2.45) is 11.3 Å². The minimum Gasteiger partial charge on any atom is -0.481 e. The zero-order valence-electron chi connectivity index (χ0n) is 12.1. The lowest BCUT2D eigenvalue weighted by molar-refractivity contribution is -0.153. The molecular formula is C15H21NO3S. The molecule has 2 heterocycles. The summed E-state index contributed by atoms with van der Waals surface area (Å²) in [4.78, 5) is 26.6. The van der Waals surface area contributed by atoms with Gasteiger partial charge in [-0.05, 0) is 23.3 Å². The molecule has 2 rings (SSSR count). The fourth-order valence-electron chi connectivity index (χ4n) is 2.72. The molecule has 0 aliphatic carbocycles. The smallest absolute Gasteiger partial charge is 0.308 e. The predicted molar refractivity (Wildman–Crippen MR) is 78.6 cm³/mol. The van der Waals surface area contributed by atoms with E-state index in [2.05, 4.69) is 20.8 Å². The molecular weight excluding hydrogens is 274 g/mol. The first kappa shape index (κ1) is 15.0. The molecule has 1 aromatic heterocycles. The van der Waals surface area contributed by atoms with Gasteiger partial charge in [-0.15, -0.1) is 11.3 Å². The highest BCUT2D eigenvalue weighted by atomic mass is 32.1.